The highest BCUT2D eigenvalue weighted by Gasteiger charge is 2.54. The second kappa shape index (κ2) is 3.48. The van der Waals surface area contributed by atoms with Crippen LogP contribution in [-0.4, -0.2) is 25.0 Å². The summed E-state index contributed by atoms with van der Waals surface area (Å²) in [6, 6.07) is 0.462. The SMILES string of the molecule is CC(C(=O)NC1C2CNCC21)C(C)(C)C. The van der Waals surface area contributed by atoms with Gasteiger partial charge in [-0.1, -0.05) is 27.7 Å². The molecule has 0 bridgehead atoms. The average Bonchev–Trinajstić information content (AvgIpc) is 2.62. The Morgan fingerprint density at radius 2 is 1.87 bits per heavy atom. The van der Waals surface area contributed by atoms with Crippen LogP contribution in [0.25, 0.3) is 0 Å². The molecule has 1 aliphatic heterocycles. The van der Waals surface area contributed by atoms with E-state index in [9.17, 15) is 4.79 Å². The number of carbonyl (C=O) groups excluding carboxylic acids is 1. The first kappa shape index (κ1) is 10.9. The van der Waals surface area contributed by atoms with Gasteiger partial charge < -0.3 is 10.6 Å². The Balaban J connectivity index is 1.83. The lowest BCUT2D eigenvalue weighted by molar-refractivity contribution is -0.127. The van der Waals surface area contributed by atoms with Crippen molar-refractivity contribution < 1.29 is 4.79 Å². The Kier molecular flexibility index (Phi) is 2.53. The molecular weight excluding hydrogens is 188 g/mol. The third-order valence-corrected chi connectivity index (χ3v) is 4.09. The van der Waals surface area contributed by atoms with Gasteiger partial charge in [-0.3, -0.25) is 4.79 Å². The Morgan fingerprint density at radius 3 is 2.33 bits per heavy atom. The molecule has 0 aromatic carbocycles. The number of hydrogen-bond acceptors (Lipinski definition) is 2. The molecule has 1 saturated carbocycles. The molecule has 2 aliphatic rings. The predicted octanol–water partition coefficient (Wildman–Crippen LogP) is 1.00. The van der Waals surface area contributed by atoms with Gasteiger partial charge in [0.1, 0.15) is 0 Å². The fourth-order valence-electron chi connectivity index (χ4n) is 2.31. The molecule has 1 saturated heterocycles. The normalized spacial score (nSPS) is 35.9. The van der Waals surface area contributed by atoms with Gasteiger partial charge in [0, 0.05) is 25.0 Å². The van der Waals surface area contributed by atoms with Gasteiger partial charge in [-0.15, -0.1) is 0 Å². The van der Waals surface area contributed by atoms with E-state index in [1.807, 2.05) is 6.92 Å². The van der Waals surface area contributed by atoms with Crippen molar-refractivity contribution in [3.8, 4) is 0 Å². The van der Waals surface area contributed by atoms with Crippen LogP contribution in [-0.2, 0) is 4.79 Å². The third-order valence-electron chi connectivity index (χ3n) is 4.09. The molecule has 86 valence electrons. The van der Waals surface area contributed by atoms with Gasteiger partial charge in [0.05, 0.1) is 0 Å². The van der Waals surface area contributed by atoms with Gasteiger partial charge >= 0.3 is 0 Å². The molecule has 3 nitrogen and oxygen atoms in total. The van der Waals surface area contributed by atoms with E-state index in [1.54, 1.807) is 0 Å². The molecule has 1 amide bonds. The molecule has 0 aromatic rings. The average molecular weight is 210 g/mol. The molecule has 2 rings (SSSR count). The van der Waals surface area contributed by atoms with Crippen molar-refractivity contribution in [1.29, 1.82) is 0 Å². The first-order chi connectivity index (χ1) is 6.91. The third kappa shape index (κ3) is 2.03. The van der Waals surface area contributed by atoms with E-state index in [1.165, 1.54) is 0 Å². The highest BCUT2D eigenvalue weighted by atomic mass is 16.2. The summed E-state index contributed by atoms with van der Waals surface area (Å²) in [4.78, 5) is 11.9. The van der Waals surface area contributed by atoms with Gasteiger partial charge in [-0.05, 0) is 17.3 Å². The zero-order valence-electron chi connectivity index (χ0n) is 10.1. The molecule has 3 heteroatoms. The number of carbonyl (C=O) groups is 1. The van der Waals surface area contributed by atoms with Crippen molar-refractivity contribution in [3.05, 3.63) is 0 Å². The highest BCUT2D eigenvalue weighted by Crippen LogP contribution is 2.42. The first-order valence-corrected chi connectivity index (χ1v) is 5.92. The van der Waals surface area contributed by atoms with Crippen LogP contribution in [0.4, 0.5) is 0 Å². The van der Waals surface area contributed by atoms with E-state index in [4.69, 9.17) is 0 Å². The summed E-state index contributed by atoms with van der Waals surface area (Å²) in [6.45, 7) is 10.5. The van der Waals surface area contributed by atoms with Gasteiger partial charge in [-0.25, -0.2) is 0 Å². The topological polar surface area (TPSA) is 41.1 Å². The minimum absolute atomic E-state index is 0.0618. The molecule has 3 unspecified atom stereocenters. The largest absolute Gasteiger partial charge is 0.352 e. The zero-order valence-corrected chi connectivity index (χ0v) is 10.1. The van der Waals surface area contributed by atoms with Crippen LogP contribution in [0.3, 0.4) is 0 Å². The minimum atomic E-state index is 0.0618. The van der Waals surface area contributed by atoms with E-state index in [2.05, 4.69) is 31.4 Å². The van der Waals surface area contributed by atoms with Gasteiger partial charge in [0.15, 0.2) is 0 Å². The second-order valence-electron chi connectivity index (χ2n) is 6.11. The molecule has 15 heavy (non-hydrogen) atoms. The van der Waals surface area contributed by atoms with Crippen molar-refractivity contribution in [2.24, 2.45) is 23.2 Å². The first-order valence-electron chi connectivity index (χ1n) is 5.92. The van der Waals surface area contributed by atoms with E-state index in [0.29, 0.717) is 17.9 Å². The Hall–Kier alpha value is -0.570. The van der Waals surface area contributed by atoms with E-state index in [0.717, 1.165) is 13.1 Å². The summed E-state index contributed by atoms with van der Waals surface area (Å²) in [5.41, 5.74) is 0.0618. The summed E-state index contributed by atoms with van der Waals surface area (Å²) in [6.07, 6.45) is 0. The monoisotopic (exact) mass is 210 g/mol. The molecule has 3 atom stereocenters. The maximum atomic E-state index is 11.9. The molecule has 1 aliphatic carbocycles. The maximum Gasteiger partial charge on any atom is 0.223 e. The predicted molar refractivity (Wildman–Crippen MR) is 60.4 cm³/mol. The Labute approximate surface area is 92.0 Å². The Morgan fingerprint density at radius 1 is 1.33 bits per heavy atom. The van der Waals surface area contributed by atoms with Crippen molar-refractivity contribution in [2.75, 3.05) is 13.1 Å². The highest BCUT2D eigenvalue weighted by molar-refractivity contribution is 5.79. The van der Waals surface area contributed by atoms with Crippen LogP contribution >= 0.6 is 0 Å². The quantitative estimate of drug-likeness (QED) is 0.714. The van der Waals surface area contributed by atoms with E-state index in [-0.39, 0.29) is 17.2 Å². The minimum Gasteiger partial charge on any atom is -0.352 e. The van der Waals surface area contributed by atoms with Crippen LogP contribution in [0.5, 0.6) is 0 Å². The summed E-state index contributed by atoms with van der Waals surface area (Å²) >= 11 is 0. The van der Waals surface area contributed by atoms with Crippen LogP contribution in [0.15, 0.2) is 0 Å². The van der Waals surface area contributed by atoms with E-state index >= 15 is 0 Å². The maximum absolute atomic E-state index is 11.9. The molecule has 2 N–H and O–H groups in total. The van der Waals surface area contributed by atoms with Crippen molar-refractivity contribution in [1.82, 2.24) is 10.6 Å². The smallest absolute Gasteiger partial charge is 0.223 e. The lowest BCUT2D eigenvalue weighted by Gasteiger charge is -2.26. The second-order valence-corrected chi connectivity index (χ2v) is 6.11. The van der Waals surface area contributed by atoms with E-state index < -0.39 is 0 Å². The van der Waals surface area contributed by atoms with Crippen LogP contribution in [0.1, 0.15) is 27.7 Å². The van der Waals surface area contributed by atoms with Crippen molar-refractivity contribution in [3.63, 3.8) is 0 Å². The van der Waals surface area contributed by atoms with Crippen molar-refractivity contribution in [2.45, 2.75) is 33.7 Å². The molecule has 1 heterocycles. The molecule has 0 radical (unpaired) electrons. The van der Waals surface area contributed by atoms with Crippen LogP contribution < -0.4 is 10.6 Å². The molecule has 0 spiro atoms. The van der Waals surface area contributed by atoms with Crippen LogP contribution in [0, 0.1) is 23.2 Å². The fraction of sp³-hybridized carbons (Fsp3) is 0.917. The van der Waals surface area contributed by atoms with Crippen LogP contribution in [0.2, 0.25) is 0 Å². The molecule has 0 aromatic heterocycles. The standard InChI is InChI=1S/C12H22N2O/c1-7(12(2,3)4)11(15)14-10-8-5-13-6-9(8)10/h7-10,13H,5-6H2,1-4H3,(H,14,15). The van der Waals surface area contributed by atoms with Crippen molar-refractivity contribution >= 4 is 5.91 Å². The Bertz CT molecular complexity index is 259. The van der Waals surface area contributed by atoms with Gasteiger partial charge in [0.25, 0.3) is 0 Å². The zero-order chi connectivity index (χ0) is 11.2. The number of nitrogens with one attached hydrogen (secondary N) is 2. The molecular formula is C12H22N2O. The van der Waals surface area contributed by atoms with Gasteiger partial charge in [-0.2, -0.15) is 0 Å². The number of fused-ring (bicyclic) bond motifs is 1. The summed E-state index contributed by atoms with van der Waals surface area (Å²) in [5.74, 6) is 1.73. The molecule has 2 fully saturated rings. The summed E-state index contributed by atoms with van der Waals surface area (Å²) in [7, 11) is 0. The number of amides is 1. The lowest BCUT2D eigenvalue weighted by Crippen LogP contribution is -2.40. The summed E-state index contributed by atoms with van der Waals surface area (Å²) in [5, 5.41) is 6.52. The number of piperidine rings is 1. The summed E-state index contributed by atoms with van der Waals surface area (Å²) < 4.78 is 0. The lowest BCUT2D eigenvalue weighted by atomic mass is 9.81. The fourth-order valence-corrected chi connectivity index (χ4v) is 2.31. The number of hydrogen-bond donors (Lipinski definition) is 2. The van der Waals surface area contributed by atoms with Gasteiger partial charge in [0.2, 0.25) is 5.91 Å². The number of rotatable bonds is 2.